The highest BCUT2D eigenvalue weighted by Crippen LogP contribution is 2.20. The molecule has 6 nitrogen and oxygen atoms in total. The van der Waals surface area contributed by atoms with Crippen molar-refractivity contribution in [1.82, 2.24) is 5.32 Å². The van der Waals surface area contributed by atoms with E-state index in [2.05, 4.69) is 10.5 Å². The first-order chi connectivity index (χ1) is 9.74. The molecular formula is C14H21N3O3. The molecule has 1 aliphatic rings. The van der Waals surface area contributed by atoms with Crippen LogP contribution in [0.15, 0.2) is 23.4 Å². The molecule has 0 bridgehead atoms. The van der Waals surface area contributed by atoms with Crippen LogP contribution in [0.5, 0.6) is 5.75 Å². The van der Waals surface area contributed by atoms with Gasteiger partial charge >= 0.3 is 0 Å². The summed E-state index contributed by atoms with van der Waals surface area (Å²) in [7, 11) is 1.56. The molecule has 1 fully saturated rings. The Kier molecular flexibility index (Phi) is 5.20. The Morgan fingerprint density at radius 2 is 2.45 bits per heavy atom. The second-order valence-electron chi connectivity index (χ2n) is 4.81. The summed E-state index contributed by atoms with van der Waals surface area (Å²) in [5, 5.41) is 15.3. The van der Waals surface area contributed by atoms with Crippen LogP contribution in [0, 0.1) is 0 Å². The fourth-order valence-corrected chi connectivity index (χ4v) is 2.28. The first-order valence-corrected chi connectivity index (χ1v) is 6.70. The number of nitrogens with zero attached hydrogens (tertiary/aromatic N) is 1. The lowest BCUT2D eigenvalue weighted by molar-refractivity contribution is 0.0699. The van der Waals surface area contributed by atoms with Crippen molar-refractivity contribution < 1.29 is 14.7 Å². The predicted octanol–water partition coefficient (Wildman–Crippen LogP) is 1.06. The second-order valence-corrected chi connectivity index (χ2v) is 4.81. The summed E-state index contributed by atoms with van der Waals surface area (Å²) in [6.07, 6.45) is 2.22. The Morgan fingerprint density at radius 1 is 1.60 bits per heavy atom. The molecule has 0 aromatic heterocycles. The van der Waals surface area contributed by atoms with Crippen LogP contribution in [-0.2, 0) is 11.3 Å². The molecule has 0 saturated carbocycles. The van der Waals surface area contributed by atoms with Crippen LogP contribution in [-0.4, -0.2) is 37.4 Å². The number of nitrogens with one attached hydrogen (secondary N) is 1. The third kappa shape index (κ3) is 3.61. The van der Waals surface area contributed by atoms with Gasteiger partial charge in [-0.05, 0) is 30.5 Å². The van der Waals surface area contributed by atoms with Gasteiger partial charge in [0, 0.05) is 19.2 Å². The fourth-order valence-electron chi connectivity index (χ4n) is 2.28. The molecule has 1 unspecified atom stereocenters. The lowest BCUT2D eigenvalue weighted by Gasteiger charge is -2.23. The first kappa shape index (κ1) is 14.6. The zero-order valence-electron chi connectivity index (χ0n) is 11.6. The van der Waals surface area contributed by atoms with E-state index < -0.39 is 0 Å². The standard InChI is InChI=1S/C14H21N3O3/c1-19-13-5-4-10(7-12(13)14(15)17-18)8-16-11-3-2-6-20-9-11/h4-5,7,11,16,18H,2-3,6,8-9H2,1H3,(H2,15,17). The molecule has 6 heteroatoms. The minimum Gasteiger partial charge on any atom is -0.496 e. The number of rotatable bonds is 5. The first-order valence-electron chi connectivity index (χ1n) is 6.70. The number of hydrogen-bond donors (Lipinski definition) is 3. The van der Waals surface area contributed by atoms with Crippen molar-refractivity contribution >= 4 is 5.84 Å². The number of benzene rings is 1. The maximum atomic E-state index is 8.81. The van der Waals surface area contributed by atoms with Crippen LogP contribution >= 0.6 is 0 Å². The van der Waals surface area contributed by atoms with Gasteiger partial charge in [0.25, 0.3) is 0 Å². The van der Waals surface area contributed by atoms with Crippen molar-refractivity contribution in [1.29, 1.82) is 0 Å². The van der Waals surface area contributed by atoms with Gasteiger partial charge in [0.15, 0.2) is 5.84 Å². The molecule has 1 aromatic rings. The van der Waals surface area contributed by atoms with E-state index >= 15 is 0 Å². The Hall–Kier alpha value is -1.79. The summed E-state index contributed by atoms with van der Waals surface area (Å²) >= 11 is 0. The average molecular weight is 279 g/mol. The summed E-state index contributed by atoms with van der Waals surface area (Å²) in [4.78, 5) is 0. The van der Waals surface area contributed by atoms with Crippen LogP contribution in [0.2, 0.25) is 0 Å². The van der Waals surface area contributed by atoms with E-state index in [0.29, 0.717) is 23.9 Å². The number of amidine groups is 1. The van der Waals surface area contributed by atoms with Gasteiger partial charge in [-0.1, -0.05) is 11.2 Å². The molecule has 1 heterocycles. The molecule has 0 amide bonds. The number of hydrogen-bond acceptors (Lipinski definition) is 5. The lowest BCUT2D eigenvalue weighted by Crippen LogP contribution is -2.36. The molecule has 0 radical (unpaired) electrons. The van der Waals surface area contributed by atoms with Gasteiger partial charge in [0.05, 0.1) is 19.3 Å². The van der Waals surface area contributed by atoms with E-state index in [1.165, 1.54) is 0 Å². The topological polar surface area (TPSA) is 89.1 Å². The summed E-state index contributed by atoms with van der Waals surface area (Å²) in [5.41, 5.74) is 7.30. The Bertz CT molecular complexity index is 471. The Morgan fingerprint density at radius 3 is 3.10 bits per heavy atom. The Balaban J connectivity index is 2.04. The van der Waals surface area contributed by atoms with Crippen molar-refractivity contribution in [2.24, 2.45) is 10.9 Å². The van der Waals surface area contributed by atoms with Gasteiger partial charge in [-0.2, -0.15) is 0 Å². The average Bonchev–Trinajstić information content (AvgIpc) is 2.52. The van der Waals surface area contributed by atoms with Crippen LogP contribution < -0.4 is 15.8 Å². The molecule has 1 aliphatic heterocycles. The monoisotopic (exact) mass is 279 g/mol. The molecule has 4 N–H and O–H groups in total. The zero-order chi connectivity index (χ0) is 14.4. The molecule has 0 spiro atoms. The molecule has 110 valence electrons. The van der Waals surface area contributed by atoms with Crippen LogP contribution in [0.1, 0.15) is 24.0 Å². The predicted molar refractivity (Wildman–Crippen MR) is 76.2 cm³/mol. The minimum atomic E-state index is 0.0460. The van der Waals surface area contributed by atoms with Gasteiger partial charge in [-0.3, -0.25) is 0 Å². The number of methoxy groups -OCH3 is 1. The molecule has 20 heavy (non-hydrogen) atoms. The lowest BCUT2D eigenvalue weighted by atomic mass is 10.1. The van der Waals surface area contributed by atoms with Crippen LogP contribution in [0.4, 0.5) is 0 Å². The molecule has 0 aliphatic carbocycles. The summed E-state index contributed by atoms with van der Waals surface area (Å²) in [5.74, 6) is 0.634. The quantitative estimate of drug-likeness (QED) is 0.324. The van der Waals surface area contributed by atoms with Crippen LogP contribution in [0.25, 0.3) is 0 Å². The third-order valence-corrected chi connectivity index (χ3v) is 3.40. The van der Waals surface area contributed by atoms with Crippen molar-refractivity contribution in [3.8, 4) is 5.75 Å². The molecule has 2 rings (SSSR count). The molecule has 1 saturated heterocycles. The summed E-state index contributed by atoms with van der Waals surface area (Å²) < 4.78 is 10.6. The second kappa shape index (κ2) is 7.12. The van der Waals surface area contributed by atoms with E-state index in [1.807, 2.05) is 18.2 Å². The van der Waals surface area contributed by atoms with E-state index in [0.717, 1.165) is 31.6 Å². The highest BCUT2D eigenvalue weighted by atomic mass is 16.5. The van der Waals surface area contributed by atoms with Gasteiger partial charge in [0.1, 0.15) is 5.75 Å². The van der Waals surface area contributed by atoms with Crippen molar-refractivity contribution in [2.45, 2.75) is 25.4 Å². The smallest absolute Gasteiger partial charge is 0.173 e. The highest BCUT2D eigenvalue weighted by Gasteiger charge is 2.14. The van der Waals surface area contributed by atoms with Gasteiger partial charge in [-0.25, -0.2) is 0 Å². The Labute approximate surface area is 118 Å². The van der Waals surface area contributed by atoms with Crippen molar-refractivity contribution in [3.63, 3.8) is 0 Å². The number of ether oxygens (including phenoxy) is 2. The molecule has 1 aromatic carbocycles. The maximum Gasteiger partial charge on any atom is 0.173 e. The summed E-state index contributed by atoms with van der Waals surface area (Å²) in [6, 6.07) is 6.04. The van der Waals surface area contributed by atoms with Gasteiger partial charge in [-0.15, -0.1) is 0 Å². The van der Waals surface area contributed by atoms with Crippen LogP contribution in [0.3, 0.4) is 0 Å². The number of oxime groups is 1. The highest BCUT2D eigenvalue weighted by molar-refractivity contribution is 5.99. The normalized spacial score (nSPS) is 19.9. The van der Waals surface area contributed by atoms with E-state index in [4.69, 9.17) is 20.4 Å². The minimum absolute atomic E-state index is 0.0460. The van der Waals surface area contributed by atoms with E-state index in [-0.39, 0.29) is 5.84 Å². The maximum absolute atomic E-state index is 8.81. The third-order valence-electron chi connectivity index (χ3n) is 3.40. The molecule has 1 atom stereocenters. The summed E-state index contributed by atoms with van der Waals surface area (Å²) in [6.45, 7) is 2.32. The number of nitrogens with two attached hydrogens (primary N) is 1. The fraction of sp³-hybridized carbons (Fsp3) is 0.500. The molecular weight excluding hydrogens is 258 g/mol. The van der Waals surface area contributed by atoms with E-state index in [9.17, 15) is 0 Å². The largest absolute Gasteiger partial charge is 0.496 e. The zero-order valence-corrected chi connectivity index (χ0v) is 11.6. The van der Waals surface area contributed by atoms with Crippen molar-refractivity contribution in [2.75, 3.05) is 20.3 Å². The van der Waals surface area contributed by atoms with Gasteiger partial charge in [0.2, 0.25) is 0 Å². The van der Waals surface area contributed by atoms with E-state index in [1.54, 1.807) is 7.11 Å². The SMILES string of the molecule is COc1ccc(CNC2CCCOC2)cc1C(N)=NO. The van der Waals surface area contributed by atoms with Gasteiger partial charge < -0.3 is 25.7 Å². The van der Waals surface area contributed by atoms with Crippen molar-refractivity contribution in [3.05, 3.63) is 29.3 Å².